The van der Waals surface area contributed by atoms with Gasteiger partial charge < -0.3 is 14.8 Å². The van der Waals surface area contributed by atoms with Gasteiger partial charge in [0.15, 0.2) is 0 Å². The van der Waals surface area contributed by atoms with Crippen molar-refractivity contribution in [3.8, 4) is 0 Å². The lowest BCUT2D eigenvalue weighted by molar-refractivity contribution is -0.122. The molecule has 1 saturated heterocycles. The molecule has 0 radical (unpaired) electrons. The van der Waals surface area contributed by atoms with Crippen LogP contribution in [-0.2, 0) is 35.8 Å². The van der Waals surface area contributed by atoms with E-state index in [0.29, 0.717) is 32.4 Å². The average Bonchev–Trinajstić information content (AvgIpc) is 3.54. The number of imide groups is 1. The molecular formula is C38H37N3O8S2. The molecule has 2 aliphatic heterocycles. The predicted octanol–water partition coefficient (Wildman–Crippen LogP) is 6.00. The number of ether oxygens (including phenoxy) is 2. The number of carbonyl (C=O) groups excluding carboxylic acids is 5. The normalized spacial score (nSPS) is 18.2. The molecule has 3 atom stereocenters. The van der Waals surface area contributed by atoms with Crippen LogP contribution in [0.15, 0.2) is 82.6 Å². The van der Waals surface area contributed by atoms with E-state index in [0.717, 1.165) is 39.1 Å². The van der Waals surface area contributed by atoms with Gasteiger partial charge in [-0.2, -0.15) is 0 Å². The molecule has 0 spiro atoms. The van der Waals surface area contributed by atoms with E-state index in [-0.39, 0.29) is 30.0 Å². The summed E-state index contributed by atoms with van der Waals surface area (Å²) in [4.78, 5) is 80.9. The minimum atomic E-state index is -0.874. The number of amides is 3. The number of carbonyl (C=O) groups is 5. The zero-order chi connectivity index (χ0) is 36.6. The molecule has 3 unspecified atom stereocenters. The van der Waals surface area contributed by atoms with Crippen LogP contribution in [0.2, 0.25) is 0 Å². The number of thioether (sulfide) groups is 1. The standard InChI is InChI=1S/C38H37N3O8S2/c1-6-48-35(45)22-10-16-25(17-11-22)39-27(42)20-40-34-31(51-37(40)47)28(21-8-14-24(15-9-21)38(3,4)5)29-30(50-34)33(44)41(32(29)43)26-18-12-23(13-19-26)36(46)49-7-2/h8-19,28-30H,6-7,20H2,1-5H3,(H,39,42). The maximum absolute atomic E-state index is 14.3. The Labute approximate surface area is 302 Å². The maximum atomic E-state index is 14.3. The summed E-state index contributed by atoms with van der Waals surface area (Å²) < 4.78 is 11.4. The van der Waals surface area contributed by atoms with Crippen LogP contribution in [0.25, 0.3) is 0 Å². The minimum absolute atomic E-state index is 0.124. The van der Waals surface area contributed by atoms with Crippen LogP contribution in [-0.4, -0.2) is 52.7 Å². The molecule has 6 rings (SSSR count). The lowest BCUT2D eigenvalue weighted by Gasteiger charge is -2.31. The van der Waals surface area contributed by atoms with Gasteiger partial charge in [0, 0.05) is 16.5 Å². The molecule has 0 saturated carbocycles. The van der Waals surface area contributed by atoms with Gasteiger partial charge in [0.2, 0.25) is 17.7 Å². The van der Waals surface area contributed by atoms with Gasteiger partial charge in [0.25, 0.3) is 0 Å². The lowest BCUT2D eigenvalue weighted by atomic mass is 9.81. The average molecular weight is 728 g/mol. The fraction of sp³-hybridized carbons (Fsp3) is 0.316. The van der Waals surface area contributed by atoms with Crippen LogP contribution >= 0.6 is 23.1 Å². The topological polar surface area (TPSA) is 141 Å². The van der Waals surface area contributed by atoms with Crippen LogP contribution in [0.4, 0.5) is 11.4 Å². The van der Waals surface area contributed by atoms with E-state index in [9.17, 15) is 28.8 Å². The largest absolute Gasteiger partial charge is 0.462 e. The summed E-state index contributed by atoms with van der Waals surface area (Å²) in [6, 6.07) is 20.2. The summed E-state index contributed by atoms with van der Waals surface area (Å²) >= 11 is 2.09. The van der Waals surface area contributed by atoms with Crippen molar-refractivity contribution in [2.45, 2.75) is 62.8 Å². The highest BCUT2D eigenvalue weighted by Crippen LogP contribution is 2.54. The van der Waals surface area contributed by atoms with Crippen molar-refractivity contribution in [2.75, 3.05) is 23.4 Å². The highest BCUT2D eigenvalue weighted by atomic mass is 32.2. The smallest absolute Gasteiger partial charge is 0.338 e. The minimum Gasteiger partial charge on any atom is -0.462 e. The van der Waals surface area contributed by atoms with Gasteiger partial charge in [0.1, 0.15) is 11.8 Å². The first-order chi connectivity index (χ1) is 24.3. The number of hydrogen-bond donors (Lipinski definition) is 1. The quantitative estimate of drug-likeness (QED) is 0.163. The van der Waals surface area contributed by atoms with E-state index >= 15 is 0 Å². The van der Waals surface area contributed by atoms with Gasteiger partial charge in [-0.25, -0.2) is 14.5 Å². The number of hydrogen-bond acceptors (Lipinski definition) is 10. The Morgan fingerprint density at radius 3 is 1.90 bits per heavy atom. The van der Waals surface area contributed by atoms with Crippen molar-refractivity contribution in [3.63, 3.8) is 0 Å². The van der Waals surface area contributed by atoms with Crippen molar-refractivity contribution in [2.24, 2.45) is 5.92 Å². The first-order valence-electron chi connectivity index (χ1n) is 16.5. The summed E-state index contributed by atoms with van der Waals surface area (Å²) in [5, 5.41) is 2.36. The fourth-order valence-corrected chi connectivity index (χ4v) is 9.04. The van der Waals surface area contributed by atoms with Gasteiger partial charge in [-0.1, -0.05) is 68.1 Å². The second-order valence-corrected chi connectivity index (χ2v) is 15.3. The number of benzene rings is 3. The number of rotatable bonds is 9. The van der Waals surface area contributed by atoms with Gasteiger partial charge in [-0.05, 0) is 78.9 Å². The molecule has 0 bridgehead atoms. The van der Waals surface area contributed by atoms with Crippen LogP contribution < -0.4 is 15.1 Å². The summed E-state index contributed by atoms with van der Waals surface area (Å²) in [5.74, 6) is -3.77. The molecule has 13 heteroatoms. The number of nitrogens with one attached hydrogen (secondary N) is 1. The van der Waals surface area contributed by atoms with Crippen molar-refractivity contribution in [1.82, 2.24) is 4.57 Å². The maximum Gasteiger partial charge on any atom is 0.338 e. The second kappa shape index (κ2) is 14.3. The molecule has 2 aliphatic rings. The third-order valence-corrected chi connectivity index (χ3v) is 11.4. The molecule has 51 heavy (non-hydrogen) atoms. The Morgan fingerprint density at radius 2 is 1.35 bits per heavy atom. The summed E-state index contributed by atoms with van der Waals surface area (Å²) in [5.41, 5.74) is 3.12. The fourth-order valence-electron chi connectivity index (χ4n) is 6.27. The van der Waals surface area contributed by atoms with Crippen LogP contribution in [0.1, 0.15) is 77.3 Å². The third-order valence-electron chi connectivity index (χ3n) is 8.80. The van der Waals surface area contributed by atoms with Gasteiger partial charge in [-0.15, -0.1) is 0 Å². The SMILES string of the molecule is CCOC(=O)c1ccc(NC(=O)Cn2c3c(sc2=O)C(c2ccc(C(C)(C)C)cc2)C2C(=O)N(c4ccc(C(=O)OCC)cc4)C(=O)C2S3)cc1. The Bertz CT molecular complexity index is 2060. The van der Waals surface area contributed by atoms with E-state index in [1.54, 1.807) is 38.1 Å². The van der Waals surface area contributed by atoms with Crippen LogP contribution in [0, 0.1) is 5.92 Å². The Morgan fingerprint density at radius 1 is 0.784 bits per heavy atom. The van der Waals surface area contributed by atoms with E-state index in [4.69, 9.17) is 9.47 Å². The van der Waals surface area contributed by atoms with E-state index in [1.165, 1.54) is 28.8 Å². The van der Waals surface area contributed by atoms with Crippen molar-refractivity contribution in [3.05, 3.63) is 110 Å². The monoisotopic (exact) mass is 727 g/mol. The highest BCUT2D eigenvalue weighted by Gasteiger charge is 2.56. The molecule has 1 fully saturated rings. The molecule has 1 aromatic heterocycles. The molecule has 3 heterocycles. The van der Waals surface area contributed by atoms with Crippen LogP contribution in [0.3, 0.4) is 0 Å². The molecule has 1 N–H and O–H groups in total. The summed E-state index contributed by atoms with van der Waals surface area (Å²) in [6.45, 7) is 9.84. The Kier molecular flexibility index (Phi) is 10.0. The number of aromatic nitrogens is 1. The van der Waals surface area contributed by atoms with E-state index in [1.807, 2.05) is 24.3 Å². The van der Waals surface area contributed by atoms with Gasteiger partial charge in [0.05, 0.1) is 41.0 Å². The highest BCUT2D eigenvalue weighted by molar-refractivity contribution is 8.00. The predicted molar refractivity (Wildman–Crippen MR) is 195 cm³/mol. The molecular weight excluding hydrogens is 691 g/mol. The molecule has 3 aromatic carbocycles. The molecule has 4 aromatic rings. The Hall–Kier alpha value is -5.01. The number of fused-ring (bicyclic) bond motifs is 2. The number of nitrogens with zero attached hydrogens (tertiary/aromatic N) is 2. The first kappa shape index (κ1) is 35.8. The lowest BCUT2D eigenvalue weighted by Crippen LogP contribution is -2.33. The van der Waals surface area contributed by atoms with E-state index < -0.39 is 46.7 Å². The van der Waals surface area contributed by atoms with Crippen molar-refractivity contribution < 1.29 is 33.4 Å². The first-order valence-corrected chi connectivity index (χ1v) is 18.2. The van der Waals surface area contributed by atoms with Gasteiger partial charge >= 0.3 is 16.8 Å². The molecule has 264 valence electrons. The van der Waals surface area contributed by atoms with Gasteiger partial charge in [-0.3, -0.25) is 23.7 Å². The Balaban J connectivity index is 1.34. The molecule has 3 amide bonds. The molecule has 0 aliphatic carbocycles. The molecule has 11 nitrogen and oxygen atoms in total. The number of thiazole rings is 1. The zero-order valence-electron chi connectivity index (χ0n) is 28.8. The second-order valence-electron chi connectivity index (χ2n) is 13.2. The number of esters is 2. The number of anilines is 2. The third kappa shape index (κ3) is 7.00. The van der Waals surface area contributed by atoms with Crippen molar-refractivity contribution in [1.29, 1.82) is 0 Å². The van der Waals surface area contributed by atoms with E-state index in [2.05, 4.69) is 26.1 Å². The van der Waals surface area contributed by atoms with Crippen LogP contribution in [0.5, 0.6) is 0 Å². The zero-order valence-corrected chi connectivity index (χ0v) is 30.4. The van der Waals surface area contributed by atoms with Crippen molar-refractivity contribution >= 4 is 64.1 Å². The summed E-state index contributed by atoms with van der Waals surface area (Å²) in [7, 11) is 0. The summed E-state index contributed by atoms with van der Waals surface area (Å²) in [6.07, 6.45) is 0.